The Morgan fingerprint density at radius 3 is 2.16 bits per heavy atom. The van der Waals surface area contributed by atoms with Gasteiger partial charge < -0.3 is 0 Å². The lowest BCUT2D eigenvalue weighted by Gasteiger charge is -2.26. The molecule has 6 nitrogen and oxygen atoms in total. The van der Waals surface area contributed by atoms with E-state index in [9.17, 15) is 13.2 Å². The molecule has 0 aliphatic carbocycles. The fraction of sp³-hybridized carbons (Fsp3) is 0.103. The summed E-state index contributed by atoms with van der Waals surface area (Å²) >= 11 is 6.04. The Bertz CT molecular complexity index is 1520. The lowest BCUT2D eigenvalue weighted by Crippen LogP contribution is -2.33. The molecule has 1 N–H and O–H groups in total. The molecule has 1 amide bonds. The third-order valence-electron chi connectivity index (χ3n) is 5.78. The second kappa shape index (κ2) is 11.4. The number of carbonyl (C=O) groups excluding carboxylic acids is 1. The van der Waals surface area contributed by atoms with Gasteiger partial charge in [0, 0.05) is 5.02 Å². The number of benzene rings is 4. The van der Waals surface area contributed by atoms with Gasteiger partial charge in [-0.2, -0.15) is 5.10 Å². The summed E-state index contributed by atoms with van der Waals surface area (Å²) < 4.78 is 29.0. The van der Waals surface area contributed by atoms with Crippen LogP contribution in [0.4, 0.5) is 5.69 Å². The van der Waals surface area contributed by atoms with Gasteiger partial charge in [0.1, 0.15) is 0 Å². The van der Waals surface area contributed by atoms with E-state index in [1.807, 2.05) is 37.3 Å². The van der Waals surface area contributed by atoms with E-state index < -0.39 is 15.9 Å². The van der Waals surface area contributed by atoms with E-state index in [2.05, 4.69) is 10.5 Å². The lowest BCUT2D eigenvalue weighted by atomic mass is 10.1. The molecule has 37 heavy (non-hydrogen) atoms. The van der Waals surface area contributed by atoms with Crippen LogP contribution in [0.2, 0.25) is 5.02 Å². The maximum atomic E-state index is 13.9. The standard InChI is InChI=1S/C29H26ClN3O3S/c1-21-12-18-26(19-13-21)37(35,36)33(20-23-14-16-25(30)17-15-23)28-11-7-6-10-27(28)29(34)32-31-22(2)24-8-4-3-5-9-24/h3-19H,20H2,1-2H3,(H,32,34)/b31-22+. The van der Waals surface area contributed by atoms with Crippen molar-refractivity contribution in [2.45, 2.75) is 25.3 Å². The summed E-state index contributed by atoms with van der Waals surface area (Å²) in [5.41, 5.74) is 6.13. The lowest BCUT2D eigenvalue weighted by molar-refractivity contribution is 0.0955. The number of halogens is 1. The fourth-order valence-corrected chi connectivity index (χ4v) is 5.31. The molecular weight excluding hydrogens is 506 g/mol. The molecule has 188 valence electrons. The van der Waals surface area contributed by atoms with Crippen molar-refractivity contribution < 1.29 is 13.2 Å². The minimum absolute atomic E-state index is 0.00395. The van der Waals surface area contributed by atoms with Crippen molar-refractivity contribution in [2.75, 3.05) is 4.31 Å². The first-order valence-electron chi connectivity index (χ1n) is 11.6. The smallest absolute Gasteiger partial charge is 0.267 e. The molecule has 4 aromatic carbocycles. The number of sulfonamides is 1. The summed E-state index contributed by atoms with van der Waals surface area (Å²) in [5.74, 6) is -0.522. The Labute approximate surface area is 222 Å². The molecule has 8 heteroatoms. The second-order valence-corrected chi connectivity index (χ2v) is 10.8. The zero-order chi connectivity index (χ0) is 26.4. The average molecular weight is 532 g/mol. The number of hydrazone groups is 1. The highest BCUT2D eigenvalue weighted by molar-refractivity contribution is 7.92. The molecule has 0 fully saturated rings. The van der Waals surface area contributed by atoms with Crippen molar-refractivity contribution in [1.29, 1.82) is 0 Å². The van der Waals surface area contributed by atoms with E-state index in [1.165, 1.54) is 4.31 Å². The number of carbonyl (C=O) groups is 1. The van der Waals surface area contributed by atoms with Crippen LogP contribution in [0, 0.1) is 6.92 Å². The Morgan fingerprint density at radius 1 is 0.865 bits per heavy atom. The predicted molar refractivity (Wildman–Crippen MR) is 149 cm³/mol. The molecule has 0 saturated heterocycles. The number of anilines is 1. The van der Waals surface area contributed by atoms with Crippen LogP contribution in [-0.4, -0.2) is 20.0 Å². The third kappa shape index (κ3) is 6.25. The van der Waals surface area contributed by atoms with Crippen molar-refractivity contribution in [3.63, 3.8) is 0 Å². The highest BCUT2D eigenvalue weighted by Crippen LogP contribution is 2.30. The van der Waals surface area contributed by atoms with Crippen LogP contribution in [0.15, 0.2) is 113 Å². The first kappa shape index (κ1) is 26.1. The maximum Gasteiger partial charge on any atom is 0.273 e. The maximum absolute atomic E-state index is 13.9. The van der Waals surface area contributed by atoms with Crippen LogP contribution in [0.1, 0.15) is 34.0 Å². The van der Waals surface area contributed by atoms with Gasteiger partial charge in [-0.15, -0.1) is 0 Å². The molecule has 0 aliphatic rings. The van der Waals surface area contributed by atoms with Crippen LogP contribution in [0.3, 0.4) is 0 Å². The van der Waals surface area contributed by atoms with E-state index in [0.717, 1.165) is 11.1 Å². The van der Waals surface area contributed by atoms with Gasteiger partial charge in [0.15, 0.2) is 0 Å². The number of nitrogens with zero attached hydrogens (tertiary/aromatic N) is 2. The van der Waals surface area contributed by atoms with Gasteiger partial charge in [0.05, 0.1) is 28.4 Å². The summed E-state index contributed by atoms with van der Waals surface area (Å²) in [7, 11) is -4.02. The van der Waals surface area contributed by atoms with Gasteiger partial charge in [-0.3, -0.25) is 9.10 Å². The predicted octanol–water partition coefficient (Wildman–Crippen LogP) is 6.20. The largest absolute Gasteiger partial charge is 0.273 e. The Balaban J connectivity index is 1.74. The van der Waals surface area contributed by atoms with Crippen LogP contribution in [-0.2, 0) is 16.6 Å². The Kier molecular flexibility index (Phi) is 8.06. The van der Waals surface area contributed by atoms with Crippen LogP contribution >= 0.6 is 11.6 Å². The molecule has 0 bridgehead atoms. The zero-order valence-corrected chi connectivity index (χ0v) is 22.0. The van der Waals surface area contributed by atoms with E-state index in [1.54, 1.807) is 79.7 Å². The monoisotopic (exact) mass is 531 g/mol. The highest BCUT2D eigenvalue weighted by Gasteiger charge is 2.28. The van der Waals surface area contributed by atoms with Gasteiger partial charge in [-0.05, 0) is 61.4 Å². The number of amides is 1. The van der Waals surface area contributed by atoms with Crippen LogP contribution < -0.4 is 9.73 Å². The quantitative estimate of drug-likeness (QED) is 0.217. The van der Waals surface area contributed by atoms with Gasteiger partial charge in [0.2, 0.25) is 0 Å². The highest BCUT2D eigenvalue weighted by atomic mass is 35.5. The van der Waals surface area contributed by atoms with E-state index in [4.69, 9.17) is 11.6 Å². The zero-order valence-electron chi connectivity index (χ0n) is 20.4. The van der Waals surface area contributed by atoms with Crippen molar-refractivity contribution in [3.8, 4) is 0 Å². The molecule has 0 atom stereocenters. The summed E-state index contributed by atoms with van der Waals surface area (Å²) in [5, 5.41) is 4.77. The molecule has 0 heterocycles. The van der Waals surface area contributed by atoms with Crippen LogP contribution in [0.5, 0.6) is 0 Å². The second-order valence-electron chi connectivity index (χ2n) is 8.47. The van der Waals surface area contributed by atoms with Gasteiger partial charge in [-0.25, -0.2) is 13.8 Å². The Hall–Kier alpha value is -3.94. The molecule has 0 aliphatic heterocycles. The molecule has 0 aromatic heterocycles. The number of hydrogen-bond donors (Lipinski definition) is 1. The summed E-state index contributed by atoms with van der Waals surface area (Å²) in [6.07, 6.45) is 0. The van der Waals surface area contributed by atoms with E-state index in [0.29, 0.717) is 16.3 Å². The topological polar surface area (TPSA) is 78.8 Å². The number of rotatable bonds is 8. The molecule has 4 rings (SSSR count). The number of nitrogens with one attached hydrogen (secondary N) is 1. The first-order chi connectivity index (χ1) is 17.8. The van der Waals surface area contributed by atoms with Crippen molar-refractivity contribution in [2.24, 2.45) is 5.10 Å². The first-order valence-corrected chi connectivity index (χ1v) is 13.4. The fourth-order valence-electron chi connectivity index (χ4n) is 3.71. The molecule has 0 unspecified atom stereocenters. The minimum atomic E-state index is -4.02. The molecule has 0 saturated carbocycles. The summed E-state index contributed by atoms with van der Waals surface area (Å²) in [6.45, 7) is 3.68. The van der Waals surface area contributed by atoms with Crippen molar-refractivity contribution in [1.82, 2.24) is 5.43 Å². The molecule has 0 radical (unpaired) electrons. The number of aryl methyl sites for hydroxylation is 1. The van der Waals surface area contributed by atoms with Gasteiger partial charge in [0.25, 0.3) is 15.9 Å². The third-order valence-corrected chi connectivity index (χ3v) is 7.81. The SMILES string of the molecule is C/C(=N\NC(=O)c1ccccc1N(Cc1ccc(Cl)cc1)S(=O)(=O)c1ccc(C)cc1)c1ccccc1. The number of hydrogen-bond acceptors (Lipinski definition) is 4. The van der Waals surface area contributed by atoms with Gasteiger partial charge >= 0.3 is 0 Å². The minimum Gasteiger partial charge on any atom is -0.267 e. The normalized spacial score (nSPS) is 11.7. The summed E-state index contributed by atoms with van der Waals surface area (Å²) in [4.78, 5) is 13.4. The number of para-hydroxylation sites is 1. The summed E-state index contributed by atoms with van der Waals surface area (Å²) in [6, 6.07) is 29.6. The van der Waals surface area contributed by atoms with Crippen molar-refractivity contribution >= 4 is 38.9 Å². The molecule has 4 aromatic rings. The van der Waals surface area contributed by atoms with Crippen LogP contribution in [0.25, 0.3) is 0 Å². The molecular formula is C29H26ClN3O3S. The Morgan fingerprint density at radius 2 is 1.49 bits per heavy atom. The average Bonchev–Trinajstić information content (AvgIpc) is 2.92. The van der Waals surface area contributed by atoms with Gasteiger partial charge in [-0.1, -0.05) is 83.9 Å². The van der Waals surface area contributed by atoms with E-state index in [-0.39, 0.29) is 22.7 Å². The van der Waals surface area contributed by atoms with E-state index >= 15 is 0 Å². The molecule has 0 spiro atoms. The van der Waals surface area contributed by atoms with Crippen molar-refractivity contribution in [3.05, 3.63) is 130 Å².